The van der Waals surface area contributed by atoms with E-state index in [9.17, 15) is 0 Å². The van der Waals surface area contributed by atoms with Gasteiger partial charge in [-0.2, -0.15) is 10.1 Å². The first-order valence-corrected chi connectivity index (χ1v) is 10.8. The lowest BCUT2D eigenvalue weighted by molar-refractivity contribution is 0.218. The Morgan fingerprint density at radius 1 is 0.971 bits per heavy atom. The van der Waals surface area contributed by atoms with E-state index in [0.29, 0.717) is 28.8 Å². The minimum atomic E-state index is -0.686. The number of methoxy groups -OCH3 is 2. The monoisotopic (exact) mass is 456 g/mol. The van der Waals surface area contributed by atoms with E-state index < -0.39 is 12.1 Å². The molecule has 2 atom stereocenters. The lowest BCUT2D eigenvalue weighted by atomic mass is 9.84. The van der Waals surface area contributed by atoms with E-state index in [1.807, 2.05) is 48.5 Å². The first-order valence-electron chi connectivity index (χ1n) is 10.8. The Morgan fingerprint density at radius 3 is 2.59 bits per heavy atom. The van der Waals surface area contributed by atoms with Crippen LogP contribution in [-0.2, 0) is 0 Å². The van der Waals surface area contributed by atoms with Crippen LogP contribution in [0.15, 0.2) is 78.6 Å². The summed E-state index contributed by atoms with van der Waals surface area (Å²) in [5.41, 5.74) is 3.86. The molecule has 0 aliphatic carbocycles. The summed E-state index contributed by atoms with van der Waals surface area (Å²) in [6, 6.07) is 19.7. The molecule has 0 bridgehead atoms. The molecule has 1 N–H and O–H groups in total. The van der Waals surface area contributed by atoms with Crippen LogP contribution in [0.25, 0.3) is 5.70 Å². The Hall–Kier alpha value is -4.33. The van der Waals surface area contributed by atoms with Crippen LogP contribution in [0.4, 0.5) is 10.3 Å². The highest BCUT2D eigenvalue weighted by molar-refractivity contribution is 5.85. The maximum Gasteiger partial charge on any atom is 0.226 e. The van der Waals surface area contributed by atoms with Gasteiger partial charge < -0.3 is 19.5 Å². The number of fused-ring (bicyclic) bond motifs is 3. The average molecular weight is 456 g/mol. The predicted molar refractivity (Wildman–Crippen MR) is 124 cm³/mol. The number of hydrogen-bond acceptors (Lipinski definition) is 6. The highest BCUT2D eigenvalue weighted by Crippen LogP contribution is 2.51. The second kappa shape index (κ2) is 7.91. The first-order chi connectivity index (χ1) is 16.7. The molecule has 170 valence electrons. The maximum absolute atomic E-state index is 15.1. The van der Waals surface area contributed by atoms with Crippen molar-refractivity contribution < 1.29 is 18.6 Å². The molecule has 2 aliphatic heterocycles. The Labute approximate surface area is 195 Å². The fourth-order valence-electron chi connectivity index (χ4n) is 4.71. The summed E-state index contributed by atoms with van der Waals surface area (Å²) >= 11 is 0. The summed E-state index contributed by atoms with van der Waals surface area (Å²) in [5, 5.41) is 7.91. The van der Waals surface area contributed by atoms with Gasteiger partial charge in [-0.15, -0.1) is 0 Å². The van der Waals surface area contributed by atoms with Crippen LogP contribution in [-0.4, -0.2) is 29.0 Å². The molecule has 3 heterocycles. The molecule has 0 saturated carbocycles. The van der Waals surface area contributed by atoms with Crippen molar-refractivity contribution in [1.82, 2.24) is 14.8 Å². The summed E-state index contributed by atoms with van der Waals surface area (Å²) in [7, 11) is 3.19. The van der Waals surface area contributed by atoms with Crippen molar-refractivity contribution in [3.05, 3.63) is 101 Å². The van der Waals surface area contributed by atoms with Crippen molar-refractivity contribution in [3.63, 3.8) is 0 Å². The average Bonchev–Trinajstić information content (AvgIpc) is 3.35. The van der Waals surface area contributed by atoms with Crippen molar-refractivity contribution in [2.24, 2.45) is 0 Å². The Balaban J connectivity index is 1.63. The third-order valence-electron chi connectivity index (χ3n) is 6.23. The number of anilines is 1. The summed E-state index contributed by atoms with van der Waals surface area (Å²) in [6.45, 7) is 0. The number of para-hydroxylation sites is 1. The number of nitrogens with zero attached hydrogens (tertiary/aromatic N) is 3. The largest absolute Gasteiger partial charge is 0.493 e. The van der Waals surface area contributed by atoms with E-state index in [-0.39, 0.29) is 5.82 Å². The van der Waals surface area contributed by atoms with Gasteiger partial charge in [0.25, 0.3) is 0 Å². The van der Waals surface area contributed by atoms with Crippen LogP contribution >= 0.6 is 0 Å². The molecule has 8 heteroatoms. The zero-order chi connectivity index (χ0) is 23.2. The zero-order valence-corrected chi connectivity index (χ0v) is 18.5. The van der Waals surface area contributed by atoms with Crippen molar-refractivity contribution in [2.75, 3.05) is 19.5 Å². The molecule has 7 nitrogen and oxygen atoms in total. The molecule has 3 aromatic carbocycles. The van der Waals surface area contributed by atoms with Gasteiger partial charge in [-0.25, -0.2) is 9.07 Å². The number of ether oxygens (including phenoxy) is 3. The summed E-state index contributed by atoms with van der Waals surface area (Å²) in [4.78, 5) is 4.42. The molecule has 0 spiro atoms. The molecular formula is C26H21FN4O3. The standard InChI is InChI=1S/C26H21FN4O3/c1-32-20-12-11-15(13-21(20)33-2)24-22-23(30-26-28-14-29-31(24)26)17-8-4-6-10-19(17)34-25(22)16-7-3-5-9-18(16)27/h3-14,24-25H,1-2H3,(H,28,29,30)/t24-,25+/m0/s1. The second-order valence-corrected chi connectivity index (χ2v) is 8.02. The normalized spacial score (nSPS) is 18.2. The minimum Gasteiger partial charge on any atom is -0.493 e. The summed E-state index contributed by atoms with van der Waals surface area (Å²) in [5.74, 6) is 2.11. The summed E-state index contributed by atoms with van der Waals surface area (Å²) in [6.07, 6.45) is 0.813. The predicted octanol–water partition coefficient (Wildman–Crippen LogP) is 4.99. The number of hydrogen-bond donors (Lipinski definition) is 1. The van der Waals surface area contributed by atoms with E-state index in [2.05, 4.69) is 15.4 Å². The van der Waals surface area contributed by atoms with E-state index in [1.54, 1.807) is 31.0 Å². The number of benzene rings is 3. The van der Waals surface area contributed by atoms with Gasteiger partial charge in [0.15, 0.2) is 17.6 Å². The maximum atomic E-state index is 15.1. The molecule has 4 aromatic rings. The van der Waals surface area contributed by atoms with E-state index in [1.165, 1.54) is 12.4 Å². The van der Waals surface area contributed by atoms with Crippen LogP contribution in [0, 0.1) is 5.82 Å². The molecule has 0 amide bonds. The first kappa shape index (κ1) is 20.3. The zero-order valence-electron chi connectivity index (χ0n) is 18.5. The molecule has 0 unspecified atom stereocenters. The highest BCUT2D eigenvalue weighted by atomic mass is 19.1. The van der Waals surface area contributed by atoms with Gasteiger partial charge in [-0.3, -0.25) is 0 Å². The Bertz CT molecular complexity index is 1430. The SMILES string of the molecule is COc1ccc([C@H]2C3=C(Nc4ncnn42)c2ccccc2O[C@@H]3c2ccccc2F)cc1OC. The van der Waals surface area contributed by atoms with Crippen LogP contribution in [0.5, 0.6) is 17.2 Å². The number of halogens is 1. The topological polar surface area (TPSA) is 70.4 Å². The lowest BCUT2D eigenvalue weighted by Crippen LogP contribution is -2.32. The van der Waals surface area contributed by atoms with Crippen LogP contribution in [0.1, 0.15) is 28.8 Å². The van der Waals surface area contributed by atoms with Gasteiger partial charge in [0.2, 0.25) is 5.95 Å². The van der Waals surface area contributed by atoms with Gasteiger partial charge >= 0.3 is 0 Å². The fraction of sp³-hybridized carbons (Fsp3) is 0.154. The molecule has 6 rings (SSSR count). The van der Waals surface area contributed by atoms with E-state index in [4.69, 9.17) is 14.2 Å². The van der Waals surface area contributed by atoms with Crippen molar-refractivity contribution in [1.29, 1.82) is 0 Å². The smallest absolute Gasteiger partial charge is 0.226 e. The van der Waals surface area contributed by atoms with Gasteiger partial charge in [-0.05, 0) is 35.9 Å². The molecule has 34 heavy (non-hydrogen) atoms. The molecule has 0 fully saturated rings. The van der Waals surface area contributed by atoms with Crippen molar-refractivity contribution in [2.45, 2.75) is 12.1 Å². The lowest BCUT2D eigenvalue weighted by Gasteiger charge is -2.39. The van der Waals surface area contributed by atoms with E-state index in [0.717, 1.165) is 22.4 Å². The highest BCUT2D eigenvalue weighted by Gasteiger charge is 2.41. The quantitative estimate of drug-likeness (QED) is 0.466. The van der Waals surface area contributed by atoms with Gasteiger partial charge in [0.1, 0.15) is 23.9 Å². The van der Waals surface area contributed by atoms with Gasteiger partial charge in [-0.1, -0.05) is 36.4 Å². The molecule has 2 aliphatic rings. The molecule has 1 aromatic heterocycles. The van der Waals surface area contributed by atoms with Crippen LogP contribution in [0.2, 0.25) is 0 Å². The van der Waals surface area contributed by atoms with Crippen LogP contribution in [0.3, 0.4) is 0 Å². The number of nitrogens with one attached hydrogen (secondary N) is 1. The van der Waals surface area contributed by atoms with E-state index >= 15 is 4.39 Å². The second-order valence-electron chi connectivity index (χ2n) is 8.02. The third-order valence-corrected chi connectivity index (χ3v) is 6.23. The number of rotatable bonds is 4. The Kier molecular flexibility index (Phi) is 4.72. The number of aromatic nitrogens is 3. The molecule has 0 saturated heterocycles. The van der Waals surface area contributed by atoms with Crippen LogP contribution < -0.4 is 19.5 Å². The molecular weight excluding hydrogens is 435 g/mol. The van der Waals surface area contributed by atoms with Crippen molar-refractivity contribution >= 4 is 11.6 Å². The van der Waals surface area contributed by atoms with Gasteiger partial charge in [0.05, 0.1) is 19.9 Å². The van der Waals surface area contributed by atoms with Gasteiger partial charge in [0, 0.05) is 16.7 Å². The molecule has 0 radical (unpaired) electrons. The third kappa shape index (κ3) is 3.02. The minimum absolute atomic E-state index is 0.339. The fourth-order valence-corrected chi connectivity index (χ4v) is 4.71. The van der Waals surface area contributed by atoms with Crippen molar-refractivity contribution in [3.8, 4) is 17.2 Å². The Morgan fingerprint density at radius 2 is 1.76 bits per heavy atom. The summed E-state index contributed by atoms with van der Waals surface area (Å²) < 4.78 is 34.3.